The Morgan fingerprint density at radius 3 is 2.95 bits per heavy atom. The highest BCUT2D eigenvalue weighted by molar-refractivity contribution is 7.20. The number of nitrogens with two attached hydrogens (primary N) is 1. The standard InChI is InChI=1S/C14H19N5OS/c1-16-7-9-2-4-19(5-3-9)14-17-8-12-10(18-14)6-11(21-12)13(15)20/h6,8-9,16H,2-5,7H2,1H3,(H2,15,20). The third-order valence-corrected chi connectivity index (χ3v) is 4.96. The van der Waals surface area contributed by atoms with Gasteiger partial charge >= 0.3 is 0 Å². The summed E-state index contributed by atoms with van der Waals surface area (Å²) in [4.78, 5) is 23.0. The summed E-state index contributed by atoms with van der Waals surface area (Å²) in [5.74, 6) is 1.07. The van der Waals surface area contributed by atoms with Gasteiger partial charge in [0.15, 0.2) is 0 Å². The zero-order valence-corrected chi connectivity index (χ0v) is 12.8. The predicted molar refractivity (Wildman–Crippen MR) is 84.8 cm³/mol. The molecule has 0 spiro atoms. The van der Waals surface area contributed by atoms with Gasteiger partial charge in [0.1, 0.15) is 0 Å². The Bertz CT molecular complexity index is 648. The molecule has 0 saturated carbocycles. The summed E-state index contributed by atoms with van der Waals surface area (Å²) in [5.41, 5.74) is 6.11. The number of carbonyl (C=O) groups excluding carboxylic acids is 1. The number of nitrogens with one attached hydrogen (secondary N) is 1. The molecule has 112 valence electrons. The molecule has 7 heteroatoms. The second-order valence-electron chi connectivity index (χ2n) is 5.38. The average Bonchev–Trinajstić information content (AvgIpc) is 2.91. The van der Waals surface area contributed by atoms with E-state index in [0.29, 0.717) is 4.88 Å². The van der Waals surface area contributed by atoms with Crippen LogP contribution in [0.25, 0.3) is 10.2 Å². The number of hydrogen-bond donors (Lipinski definition) is 2. The number of aromatic nitrogens is 2. The fourth-order valence-corrected chi connectivity index (χ4v) is 3.55. The van der Waals surface area contributed by atoms with Crippen molar-refractivity contribution in [2.75, 3.05) is 31.6 Å². The number of hydrogen-bond acceptors (Lipinski definition) is 6. The summed E-state index contributed by atoms with van der Waals surface area (Å²) < 4.78 is 0.901. The van der Waals surface area contributed by atoms with Crippen LogP contribution in [-0.2, 0) is 0 Å². The van der Waals surface area contributed by atoms with Crippen molar-refractivity contribution in [2.45, 2.75) is 12.8 Å². The van der Waals surface area contributed by atoms with Crippen molar-refractivity contribution in [3.8, 4) is 0 Å². The van der Waals surface area contributed by atoms with Gasteiger partial charge in [0.05, 0.1) is 21.3 Å². The van der Waals surface area contributed by atoms with Gasteiger partial charge in [-0.05, 0) is 38.4 Å². The lowest BCUT2D eigenvalue weighted by molar-refractivity contribution is 0.100. The van der Waals surface area contributed by atoms with Crippen molar-refractivity contribution >= 4 is 33.4 Å². The molecule has 3 rings (SSSR count). The highest BCUT2D eigenvalue weighted by Gasteiger charge is 2.21. The van der Waals surface area contributed by atoms with Gasteiger partial charge in [-0.25, -0.2) is 9.97 Å². The molecule has 2 aromatic heterocycles. The second-order valence-corrected chi connectivity index (χ2v) is 6.47. The summed E-state index contributed by atoms with van der Waals surface area (Å²) in [5, 5.41) is 3.24. The molecule has 3 N–H and O–H groups in total. The molecule has 0 aromatic carbocycles. The summed E-state index contributed by atoms with van der Waals surface area (Å²) in [6, 6.07) is 1.75. The van der Waals surface area contributed by atoms with E-state index in [1.54, 1.807) is 12.3 Å². The van der Waals surface area contributed by atoms with E-state index in [-0.39, 0.29) is 0 Å². The molecular weight excluding hydrogens is 286 g/mol. The molecule has 3 heterocycles. The van der Waals surface area contributed by atoms with Gasteiger partial charge in [-0.2, -0.15) is 0 Å². The molecular formula is C14H19N5OS. The van der Waals surface area contributed by atoms with Gasteiger partial charge in [-0.15, -0.1) is 11.3 Å². The van der Waals surface area contributed by atoms with E-state index in [0.717, 1.165) is 54.6 Å². The van der Waals surface area contributed by atoms with Crippen LogP contribution in [-0.4, -0.2) is 42.6 Å². The van der Waals surface area contributed by atoms with Crippen LogP contribution < -0.4 is 16.0 Å². The minimum atomic E-state index is -0.410. The minimum absolute atomic E-state index is 0.410. The summed E-state index contributed by atoms with van der Waals surface area (Å²) in [6.07, 6.45) is 4.09. The van der Waals surface area contributed by atoms with Gasteiger partial charge in [-0.1, -0.05) is 0 Å². The molecule has 1 saturated heterocycles. The number of carbonyl (C=O) groups is 1. The highest BCUT2D eigenvalue weighted by atomic mass is 32.1. The third-order valence-electron chi connectivity index (χ3n) is 3.89. The van der Waals surface area contributed by atoms with E-state index in [1.807, 2.05) is 7.05 Å². The average molecular weight is 305 g/mol. The van der Waals surface area contributed by atoms with E-state index in [9.17, 15) is 4.79 Å². The van der Waals surface area contributed by atoms with E-state index in [2.05, 4.69) is 20.2 Å². The molecule has 0 atom stereocenters. The van der Waals surface area contributed by atoms with Crippen molar-refractivity contribution in [3.05, 3.63) is 17.1 Å². The normalized spacial score (nSPS) is 16.5. The van der Waals surface area contributed by atoms with Gasteiger partial charge in [0.25, 0.3) is 5.91 Å². The molecule has 0 unspecified atom stereocenters. The number of fused-ring (bicyclic) bond motifs is 1. The molecule has 2 aromatic rings. The quantitative estimate of drug-likeness (QED) is 0.887. The summed E-state index contributed by atoms with van der Waals surface area (Å²) in [6.45, 7) is 3.02. The molecule has 1 amide bonds. The minimum Gasteiger partial charge on any atom is -0.365 e. The van der Waals surface area contributed by atoms with Crippen LogP contribution in [0.5, 0.6) is 0 Å². The van der Waals surface area contributed by atoms with Crippen LogP contribution in [0.2, 0.25) is 0 Å². The first-order valence-electron chi connectivity index (χ1n) is 7.13. The number of amides is 1. The van der Waals surface area contributed by atoms with Crippen molar-refractivity contribution in [1.29, 1.82) is 0 Å². The zero-order chi connectivity index (χ0) is 14.8. The van der Waals surface area contributed by atoms with Gasteiger partial charge < -0.3 is 16.0 Å². The lowest BCUT2D eigenvalue weighted by Gasteiger charge is -2.31. The molecule has 1 aliphatic rings. The number of piperidine rings is 1. The first-order chi connectivity index (χ1) is 10.2. The van der Waals surface area contributed by atoms with Crippen LogP contribution in [0, 0.1) is 5.92 Å². The highest BCUT2D eigenvalue weighted by Crippen LogP contribution is 2.26. The van der Waals surface area contributed by atoms with E-state index in [1.165, 1.54) is 11.3 Å². The Morgan fingerprint density at radius 1 is 1.52 bits per heavy atom. The molecule has 6 nitrogen and oxygen atoms in total. The maximum absolute atomic E-state index is 11.2. The lowest BCUT2D eigenvalue weighted by Crippen LogP contribution is -2.37. The Labute approximate surface area is 127 Å². The lowest BCUT2D eigenvalue weighted by atomic mass is 9.97. The van der Waals surface area contributed by atoms with Crippen molar-refractivity contribution in [1.82, 2.24) is 15.3 Å². The van der Waals surface area contributed by atoms with E-state index < -0.39 is 5.91 Å². The van der Waals surface area contributed by atoms with Crippen molar-refractivity contribution in [3.63, 3.8) is 0 Å². The van der Waals surface area contributed by atoms with Crippen LogP contribution in [0.3, 0.4) is 0 Å². The first kappa shape index (κ1) is 14.2. The smallest absolute Gasteiger partial charge is 0.258 e. The van der Waals surface area contributed by atoms with Crippen LogP contribution in [0.15, 0.2) is 12.3 Å². The van der Waals surface area contributed by atoms with Crippen molar-refractivity contribution in [2.24, 2.45) is 11.7 Å². The largest absolute Gasteiger partial charge is 0.365 e. The monoisotopic (exact) mass is 305 g/mol. The Balaban J connectivity index is 1.77. The van der Waals surface area contributed by atoms with Crippen LogP contribution in [0.4, 0.5) is 5.95 Å². The number of primary amides is 1. The SMILES string of the molecule is CNCC1CCN(c2ncc3sc(C(N)=O)cc3n2)CC1. The fraction of sp³-hybridized carbons (Fsp3) is 0.500. The van der Waals surface area contributed by atoms with Crippen LogP contribution in [0.1, 0.15) is 22.5 Å². The maximum atomic E-state index is 11.2. The molecule has 0 radical (unpaired) electrons. The Kier molecular flexibility index (Phi) is 4.03. The summed E-state index contributed by atoms with van der Waals surface area (Å²) >= 11 is 1.34. The fourth-order valence-electron chi connectivity index (χ4n) is 2.73. The van der Waals surface area contributed by atoms with Crippen molar-refractivity contribution < 1.29 is 4.79 Å². The topological polar surface area (TPSA) is 84.1 Å². The molecule has 1 aliphatic heterocycles. The van der Waals surface area contributed by atoms with E-state index >= 15 is 0 Å². The van der Waals surface area contributed by atoms with Crippen LogP contribution >= 0.6 is 11.3 Å². The van der Waals surface area contributed by atoms with Gasteiger partial charge in [-0.3, -0.25) is 4.79 Å². The van der Waals surface area contributed by atoms with E-state index in [4.69, 9.17) is 5.73 Å². The first-order valence-corrected chi connectivity index (χ1v) is 7.95. The van der Waals surface area contributed by atoms with Gasteiger partial charge in [0, 0.05) is 13.1 Å². The second kappa shape index (κ2) is 5.95. The Hall–Kier alpha value is -1.73. The number of thiophene rings is 1. The number of rotatable bonds is 4. The van der Waals surface area contributed by atoms with Gasteiger partial charge in [0.2, 0.25) is 5.95 Å². The molecule has 0 aliphatic carbocycles. The molecule has 0 bridgehead atoms. The predicted octanol–water partition coefficient (Wildman–Crippen LogP) is 1.23. The summed E-state index contributed by atoms with van der Waals surface area (Å²) in [7, 11) is 2.00. The zero-order valence-electron chi connectivity index (χ0n) is 12.0. The number of anilines is 1. The number of nitrogens with zero attached hydrogens (tertiary/aromatic N) is 3. The Morgan fingerprint density at radius 2 is 2.29 bits per heavy atom. The molecule has 1 fully saturated rings. The molecule has 21 heavy (non-hydrogen) atoms. The maximum Gasteiger partial charge on any atom is 0.258 e. The third kappa shape index (κ3) is 2.98.